The molecule has 1 aromatic carbocycles. The number of rotatable bonds is 5. The van der Waals surface area contributed by atoms with Gasteiger partial charge in [-0.25, -0.2) is 9.67 Å². The molecule has 1 aliphatic carbocycles. The Morgan fingerprint density at radius 3 is 2.62 bits per heavy atom. The average Bonchev–Trinajstić information content (AvgIpc) is 3.41. The SMILES string of the molecule is CNCC1CCN(C(=O)c2nc(C3CC3)n(-c3ccccc3Cl)n2)CC1. The standard InChI is InChI=1S/C19H24ClN5O/c1-21-12-13-8-10-24(11-9-13)19(26)17-22-18(14-6-7-14)25(23-17)16-5-3-2-4-15(16)20/h2-5,13-14,21H,6-12H2,1H3. The number of hydrogen-bond acceptors (Lipinski definition) is 4. The van der Waals surface area contributed by atoms with E-state index in [1.165, 1.54) is 0 Å². The van der Waals surface area contributed by atoms with E-state index in [-0.39, 0.29) is 5.91 Å². The van der Waals surface area contributed by atoms with Crippen LogP contribution in [0.15, 0.2) is 24.3 Å². The number of piperidine rings is 1. The zero-order valence-corrected chi connectivity index (χ0v) is 15.7. The Morgan fingerprint density at radius 1 is 1.23 bits per heavy atom. The number of aromatic nitrogens is 3. The van der Waals surface area contributed by atoms with E-state index in [0.29, 0.717) is 22.7 Å². The van der Waals surface area contributed by atoms with Gasteiger partial charge in [-0.3, -0.25) is 4.79 Å². The highest BCUT2D eigenvalue weighted by Gasteiger charge is 2.33. The molecule has 0 radical (unpaired) electrons. The van der Waals surface area contributed by atoms with E-state index in [4.69, 9.17) is 11.6 Å². The molecule has 6 nitrogen and oxygen atoms in total. The Bertz CT molecular complexity index is 793. The second-order valence-electron chi connectivity index (χ2n) is 7.22. The predicted molar refractivity (Wildman–Crippen MR) is 101 cm³/mol. The van der Waals surface area contributed by atoms with Crippen LogP contribution in [0.3, 0.4) is 0 Å². The summed E-state index contributed by atoms with van der Waals surface area (Å²) in [6.07, 6.45) is 4.22. The van der Waals surface area contributed by atoms with Crippen molar-refractivity contribution in [2.75, 3.05) is 26.7 Å². The van der Waals surface area contributed by atoms with Crippen LogP contribution in [0.5, 0.6) is 0 Å². The van der Waals surface area contributed by atoms with Crippen molar-refractivity contribution < 1.29 is 4.79 Å². The van der Waals surface area contributed by atoms with Gasteiger partial charge in [0.2, 0.25) is 5.82 Å². The van der Waals surface area contributed by atoms with Gasteiger partial charge >= 0.3 is 0 Å². The van der Waals surface area contributed by atoms with Crippen molar-refractivity contribution >= 4 is 17.5 Å². The van der Waals surface area contributed by atoms with Crippen molar-refractivity contribution in [2.24, 2.45) is 5.92 Å². The lowest BCUT2D eigenvalue weighted by atomic mass is 9.97. The molecule has 1 saturated heterocycles. The molecule has 7 heteroatoms. The maximum absolute atomic E-state index is 12.9. The molecule has 138 valence electrons. The highest BCUT2D eigenvalue weighted by atomic mass is 35.5. The molecule has 4 rings (SSSR count). The average molecular weight is 374 g/mol. The van der Waals surface area contributed by atoms with E-state index in [1.54, 1.807) is 4.68 Å². The topological polar surface area (TPSA) is 63.1 Å². The minimum atomic E-state index is -0.0689. The Labute approximate surface area is 158 Å². The zero-order valence-electron chi connectivity index (χ0n) is 15.0. The summed E-state index contributed by atoms with van der Waals surface area (Å²) in [4.78, 5) is 19.4. The molecular formula is C19H24ClN5O. The molecule has 1 saturated carbocycles. The van der Waals surface area contributed by atoms with Gasteiger partial charge in [-0.05, 0) is 57.3 Å². The number of carbonyl (C=O) groups is 1. The number of likely N-dealkylation sites (tertiary alicyclic amines) is 1. The number of para-hydroxylation sites is 1. The summed E-state index contributed by atoms with van der Waals surface area (Å²) < 4.78 is 1.76. The molecule has 2 heterocycles. The third-order valence-corrected chi connectivity index (χ3v) is 5.56. The van der Waals surface area contributed by atoms with Crippen LogP contribution in [-0.2, 0) is 0 Å². The minimum absolute atomic E-state index is 0.0689. The summed E-state index contributed by atoms with van der Waals surface area (Å²) in [6, 6.07) is 7.57. The first-order chi connectivity index (χ1) is 12.7. The van der Waals surface area contributed by atoms with Gasteiger partial charge in [-0.2, -0.15) is 0 Å². The van der Waals surface area contributed by atoms with Gasteiger partial charge in [0, 0.05) is 19.0 Å². The molecule has 1 aromatic heterocycles. The summed E-state index contributed by atoms with van der Waals surface area (Å²) in [5, 5.41) is 8.39. The summed E-state index contributed by atoms with van der Waals surface area (Å²) in [5.41, 5.74) is 0.787. The second kappa shape index (κ2) is 7.37. The predicted octanol–water partition coefficient (Wildman–Crippen LogP) is 2.87. The number of hydrogen-bond donors (Lipinski definition) is 1. The number of carbonyl (C=O) groups excluding carboxylic acids is 1. The quantitative estimate of drug-likeness (QED) is 0.875. The third kappa shape index (κ3) is 3.48. The fourth-order valence-electron chi connectivity index (χ4n) is 3.59. The molecule has 2 fully saturated rings. The van der Waals surface area contributed by atoms with Crippen molar-refractivity contribution in [1.29, 1.82) is 0 Å². The van der Waals surface area contributed by atoms with Crippen molar-refractivity contribution in [1.82, 2.24) is 25.0 Å². The smallest absolute Gasteiger partial charge is 0.293 e. The maximum Gasteiger partial charge on any atom is 0.293 e. The largest absolute Gasteiger partial charge is 0.336 e. The molecule has 1 amide bonds. The molecule has 0 unspecified atom stereocenters. The van der Waals surface area contributed by atoms with Gasteiger partial charge in [0.15, 0.2) is 0 Å². The molecule has 2 aliphatic rings. The van der Waals surface area contributed by atoms with E-state index in [9.17, 15) is 4.79 Å². The first-order valence-electron chi connectivity index (χ1n) is 9.33. The van der Waals surface area contributed by atoms with Crippen LogP contribution in [0.2, 0.25) is 5.02 Å². The Hall–Kier alpha value is -1.92. The third-order valence-electron chi connectivity index (χ3n) is 5.24. The molecule has 0 bridgehead atoms. The normalized spacial score (nSPS) is 18.3. The van der Waals surface area contributed by atoms with Gasteiger partial charge < -0.3 is 10.2 Å². The van der Waals surface area contributed by atoms with Crippen LogP contribution in [0.4, 0.5) is 0 Å². The lowest BCUT2D eigenvalue weighted by molar-refractivity contribution is 0.0678. The molecule has 1 N–H and O–H groups in total. The Balaban J connectivity index is 1.57. The molecule has 0 spiro atoms. The molecule has 26 heavy (non-hydrogen) atoms. The van der Waals surface area contributed by atoms with Gasteiger partial charge in [0.1, 0.15) is 5.82 Å². The van der Waals surface area contributed by atoms with Crippen LogP contribution in [0.1, 0.15) is 48.0 Å². The molecular weight excluding hydrogens is 350 g/mol. The second-order valence-corrected chi connectivity index (χ2v) is 7.63. The summed E-state index contributed by atoms with van der Waals surface area (Å²) in [6.45, 7) is 2.54. The van der Waals surface area contributed by atoms with Crippen molar-refractivity contribution in [2.45, 2.75) is 31.6 Å². The van der Waals surface area contributed by atoms with E-state index in [1.807, 2.05) is 36.2 Å². The van der Waals surface area contributed by atoms with E-state index in [2.05, 4.69) is 15.4 Å². The van der Waals surface area contributed by atoms with Crippen molar-refractivity contribution in [3.63, 3.8) is 0 Å². The lowest BCUT2D eigenvalue weighted by Crippen LogP contribution is -2.40. The van der Waals surface area contributed by atoms with Gasteiger partial charge in [-0.1, -0.05) is 23.7 Å². The van der Waals surface area contributed by atoms with Gasteiger partial charge in [0.25, 0.3) is 5.91 Å². The minimum Gasteiger partial charge on any atom is -0.336 e. The summed E-state index contributed by atoms with van der Waals surface area (Å²) in [7, 11) is 1.97. The van der Waals surface area contributed by atoms with Crippen molar-refractivity contribution in [3.05, 3.63) is 40.9 Å². The van der Waals surface area contributed by atoms with Gasteiger partial charge in [0.05, 0.1) is 10.7 Å². The van der Waals surface area contributed by atoms with Crippen LogP contribution >= 0.6 is 11.6 Å². The fraction of sp³-hybridized carbons (Fsp3) is 0.526. The molecule has 1 aliphatic heterocycles. The number of nitrogens with zero attached hydrogens (tertiary/aromatic N) is 4. The number of halogens is 1. The first kappa shape index (κ1) is 17.5. The Morgan fingerprint density at radius 2 is 1.96 bits per heavy atom. The maximum atomic E-state index is 12.9. The van der Waals surface area contributed by atoms with Crippen LogP contribution < -0.4 is 5.32 Å². The van der Waals surface area contributed by atoms with Crippen LogP contribution in [-0.4, -0.2) is 52.3 Å². The van der Waals surface area contributed by atoms with E-state index in [0.717, 1.165) is 56.8 Å². The monoisotopic (exact) mass is 373 g/mol. The van der Waals surface area contributed by atoms with Crippen molar-refractivity contribution in [3.8, 4) is 5.69 Å². The highest BCUT2D eigenvalue weighted by molar-refractivity contribution is 6.32. The van der Waals surface area contributed by atoms with Gasteiger partial charge in [-0.15, -0.1) is 5.10 Å². The van der Waals surface area contributed by atoms with Crippen LogP contribution in [0, 0.1) is 5.92 Å². The fourth-order valence-corrected chi connectivity index (χ4v) is 3.81. The van der Waals surface area contributed by atoms with E-state index >= 15 is 0 Å². The lowest BCUT2D eigenvalue weighted by Gasteiger charge is -2.31. The Kier molecular flexibility index (Phi) is 4.96. The van der Waals surface area contributed by atoms with E-state index < -0.39 is 0 Å². The first-order valence-corrected chi connectivity index (χ1v) is 9.71. The molecule has 2 aromatic rings. The van der Waals surface area contributed by atoms with Crippen LogP contribution in [0.25, 0.3) is 5.69 Å². The molecule has 0 atom stereocenters. The summed E-state index contributed by atoms with van der Waals surface area (Å²) in [5.74, 6) is 2.09. The zero-order chi connectivity index (χ0) is 18.1. The summed E-state index contributed by atoms with van der Waals surface area (Å²) >= 11 is 6.35. The number of benzene rings is 1. The number of amides is 1. The highest BCUT2D eigenvalue weighted by Crippen LogP contribution is 2.40. The number of nitrogens with one attached hydrogen (secondary N) is 1.